The zero-order valence-electron chi connectivity index (χ0n) is 11.0. The molecule has 4 rings (SSSR count). The highest BCUT2D eigenvalue weighted by Crippen LogP contribution is 2.35. The third kappa shape index (κ3) is 2.29. The van der Waals surface area contributed by atoms with E-state index >= 15 is 0 Å². The number of imidazole rings is 1. The number of rotatable bonds is 2. The van der Waals surface area contributed by atoms with Gasteiger partial charge in [-0.15, -0.1) is 0 Å². The molecule has 0 bridgehead atoms. The highest BCUT2D eigenvalue weighted by molar-refractivity contribution is 9.10. The minimum absolute atomic E-state index is 0.278. The van der Waals surface area contributed by atoms with Gasteiger partial charge in [0.15, 0.2) is 11.5 Å². The first-order valence-corrected chi connectivity index (χ1v) is 7.30. The normalized spacial score (nSPS) is 12.6. The highest BCUT2D eigenvalue weighted by atomic mass is 79.9. The van der Waals surface area contributed by atoms with Gasteiger partial charge < -0.3 is 14.5 Å². The number of hydrogen-bond donors (Lipinski definition) is 1. The molecule has 0 atom stereocenters. The monoisotopic (exact) mass is 342 g/mol. The van der Waals surface area contributed by atoms with Crippen LogP contribution >= 0.6 is 15.9 Å². The Bertz CT molecular complexity index is 814. The van der Waals surface area contributed by atoms with Gasteiger partial charge in [0.2, 0.25) is 6.79 Å². The minimum atomic E-state index is 0.278. The lowest BCUT2D eigenvalue weighted by atomic mass is 10.2. The quantitative estimate of drug-likeness (QED) is 0.757. The summed E-state index contributed by atoms with van der Waals surface area (Å²) in [4.78, 5) is 7.79. The third-order valence-electron chi connectivity index (χ3n) is 3.36. The second-order valence-corrected chi connectivity index (χ2v) is 5.64. The second kappa shape index (κ2) is 4.93. The van der Waals surface area contributed by atoms with E-state index in [2.05, 4.69) is 32.0 Å². The number of hydrogen-bond acceptors (Lipinski definition) is 3. The number of aromatic amines is 1. The fourth-order valence-electron chi connectivity index (χ4n) is 2.31. The molecule has 21 heavy (non-hydrogen) atoms. The van der Waals surface area contributed by atoms with Crippen LogP contribution in [0.15, 0.2) is 53.1 Å². The Hall–Kier alpha value is -2.27. The molecule has 0 saturated carbocycles. The molecule has 4 nitrogen and oxygen atoms in total. The van der Waals surface area contributed by atoms with E-state index in [0.29, 0.717) is 0 Å². The lowest BCUT2D eigenvalue weighted by Gasteiger charge is -2.00. The summed E-state index contributed by atoms with van der Waals surface area (Å²) in [5.41, 5.74) is 3.04. The Morgan fingerprint density at radius 1 is 1.00 bits per heavy atom. The fraction of sp³-hybridized carbons (Fsp3) is 0.0625. The van der Waals surface area contributed by atoms with E-state index in [-0.39, 0.29) is 6.79 Å². The molecular formula is C16H11BrN2O2. The zero-order chi connectivity index (χ0) is 14.2. The molecule has 0 spiro atoms. The first kappa shape index (κ1) is 12.5. The zero-order valence-corrected chi connectivity index (χ0v) is 12.6. The maximum Gasteiger partial charge on any atom is 0.231 e. The van der Waals surface area contributed by atoms with Crippen molar-refractivity contribution in [3.05, 3.63) is 53.1 Å². The van der Waals surface area contributed by atoms with Crippen molar-refractivity contribution >= 4 is 15.9 Å². The largest absolute Gasteiger partial charge is 0.454 e. The standard InChI is InChI=1S/C16H11BrN2O2/c17-12-3-1-2-10(6-12)13-8-18-16(19-13)11-4-5-14-15(7-11)21-9-20-14/h1-8H,9H2,(H,18,19). The van der Waals surface area contributed by atoms with Crippen LogP contribution in [0.1, 0.15) is 0 Å². The summed E-state index contributed by atoms with van der Waals surface area (Å²) >= 11 is 3.48. The number of fused-ring (bicyclic) bond motifs is 1. The van der Waals surface area contributed by atoms with E-state index < -0.39 is 0 Å². The Morgan fingerprint density at radius 3 is 2.81 bits per heavy atom. The lowest BCUT2D eigenvalue weighted by molar-refractivity contribution is 0.174. The van der Waals surface area contributed by atoms with E-state index in [0.717, 1.165) is 38.6 Å². The Morgan fingerprint density at radius 2 is 1.90 bits per heavy atom. The molecule has 5 heteroatoms. The number of H-pyrrole nitrogens is 1. The van der Waals surface area contributed by atoms with Crippen molar-refractivity contribution in [1.29, 1.82) is 0 Å². The van der Waals surface area contributed by atoms with Gasteiger partial charge in [-0.3, -0.25) is 0 Å². The van der Waals surface area contributed by atoms with Crippen molar-refractivity contribution < 1.29 is 9.47 Å². The predicted molar refractivity (Wildman–Crippen MR) is 83.3 cm³/mol. The van der Waals surface area contributed by atoms with Gasteiger partial charge in [0.1, 0.15) is 5.82 Å². The van der Waals surface area contributed by atoms with Crippen LogP contribution < -0.4 is 9.47 Å². The van der Waals surface area contributed by atoms with Gasteiger partial charge in [-0.2, -0.15) is 0 Å². The van der Waals surface area contributed by atoms with Gasteiger partial charge in [-0.05, 0) is 30.3 Å². The summed E-state index contributed by atoms with van der Waals surface area (Å²) in [6, 6.07) is 13.9. The molecule has 1 aromatic heterocycles. The Kier molecular flexibility index (Phi) is 2.93. The second-order valence-electron chi connectivity index (χ2n) is 4.72. The smallest absolute Gasteiger partial charge is 0.231 e. The van der Waals surface area contributed by atoms with Gasteiger partial charge >= 0.3 is 0 Å². The highest BCUT2D eigenvalue weighted by Gasteiger charge is 2.15. The van der Waals surface area contributed by atoms with Crippen molar-refractivity contribution in [2.75, 3.05) is 6.79 Å². The van der Waals surface area contributed by atoms with E-state index in [9.17, 15) is 0 Å². The summed E-state index contributed by atoms with van der Waals surface area (Å²) in [5.74, 6) is 2.34. The molecule has 0 unspecified atom stereocenters. The first-order chi connectivity index (χ1) is 10.3. The topological polar surface area (TPSA) is 47.1 Å². The van der Waals surface area contributed by atoms with Gasteiger partial charge in [0.25, 0.3) is 0 Å². The summed E-state index contributed by atoms with van der Waals surface area (Å²) in [7, 11) is 0. The predicted octanol–water partition coefficient (Wildman–Crippen LogP) is 4.23. The summed E-state index contributed by atoms with van der Waals surface area (Å²) in [6.45, 7) is 0.278. The van der Waals surface area contributed by atoms with E-state index in [1.54, 1.807) is 0 Å². The first-order valence-electron chi connectivity index (χ1n) is 6.50. The summed E-state index contributed by atoms with van der Waals surface area (Å²) in [5, 5.41) is 0. The van der Waals surface area contributed by atoms with Crippen molar-refractivity contribution in [2.45, 2.75) is 0 Å². The molecule has 0 amide bonds. The Labute approximate surface area is 129 Å². The molecule has 1 aliphatic rings. The van der Waals surface area contributed by atoms with Crippen LogP contribution in [0.5, 0.6) is 11.5 Å². The molecule has 1 N–H and O–H groups in total. The third-order valence-corrected chi connectivity index (χ3v) is 3.85. The van der Waals surface area contributed by atoms with Crippen LogP contribution in [0.4, 0.5) is 0 Å². The van der Waals surface area contributed by atoms with Crippen LogP contribution in [0, 0.1) is 0 Å². The van der Waals surface area contributed by atoms with Gasteiger partial charge in [-0.1, -0.05) is 28.1 Å². The summed E-state index contributed by atoms with van der Waals surface area (Å²) in [6.07, 6.45) is 1.84. The fourth-order valence-corrected chi connectivity index (χ4v) is 2.71. The molecule has 0 aliphatic carbocycles. The van der Waals surface area contributed by atoms with Gasteiger partial charge in [0, 0.05) is 15.6 Å². The number of ether oxygens (including phenoxy) is 2. The van der Waals surface area contributed by atoms with E-state index in [1.165, 1.54) is 0 Å². The van der Waals surface area contributed by atoms with Gasteiger partial charge in [0.05, 0.1) is 11.9 Å². The molecule has 2 aromatic carbocycles. The molecule has 3 aromatic rings. The number of halogens is 1. The van der Waals surface area contributed by atoms with Crippen LogP contribution in [0.25, 0.3) is 22.6 Å². The van der Waals surface area contributed by atoms with Crippen LogP contribution in [-0.2, 0) is 0 Å². The van der Waals surface area contributed by atoms with Crippen molar-refractivity contribution in [3.63, 3.8) is 0 Å². The average Bonchev–Trinajstić information content (AvgIpc) is 3.15. The average molecular weight is 343 g/mol. The van der Waals surface area contributed by atoms with Crippen molar-refractivity contribution in [2.24, 2.45) is 0 Å². The molecule has 104 valence electrons. The van der Waals surface area contributed by atoms with E-state index in [1.807, 2.05) is 42.6 Å². The molecular weight excluding hydrogens is 332 g/mol. The maximum atomic E-state index is 5.40. The van der Waals surface area contributed by atoms with Crippen molar-refractivity contribution in [3.8, 4) is 34.1 Å². The molecule has 2 heterocycles. The number of nitrogens with zero attached hydrogens (tertiary/aromatic N) is 1. The SMILES string of the molecule is Brc1cccc(-c2cnc(-c3ccc4c(c3)OCO4)[nH]2)c1. The minimum Gasteiger partial charge on any atom is -0.454 e. The lowest BCUT2D eigenvalue weighted by Crippen LogP contribution is -1.92. The number of aromatic nitrogens is 2. The Balaban J connectivity index is 1.71. The van der Waals surface area contributed by atoms with Crippen LogP contribution in [0.3, 0.4) is 0 Å². The van der Waals surface area contributed by atoms with E-state index in [4.69, 9.17) is 9.47 Å². The van der Waals surface area contributed by atoms with Crippen molar-refractivity contribution in [1.82, 2.24) is 9.97 Å². The molecule has 0 saturated heterocycles. The molecule has 1 aliphatic heterocycles. The summed E-state index contributed by atoms with van der Waals surface area (Å²) < 4.78 is 11.8. The van der Waals surface area contributed by atoms with Gasteiger partial charge in [-0.25, -0.2) is 4.98 Å². The number of nitrogens with one attached hydrogen (secondary N) is 1. The molecule has 0 radical (unpaired) electrons. The van der Waals surface area contributed by atoms with Crippen LogP contribution in [-0.4, -0.2) is 16.8 Å². The maximum absolute atomic E-state index is 5.40. The molecule has 0 fully saturated rings. The number of benzene rings is 2. The van der Waals surface area contributed by atoms with Crippen LogP contribution in [0.2, 0.25) is 0 Å².